The first kappa shape index (κ1) is 18.8. The molecule has 1 aliphatic heterocycles. The lowest BCUT2D eigenvalue weighted by Gasteiger charge is -2.34. The first-order valence-corrected chi connectivity index (χ1v) is 9.27. The Labute approximate surface area is 161 Å². The maximum Gasteiger partial charge on any atom is 0.425 e. The van der Waals surface area contributed by atoms with Crippen LogP contribution >= 0.6 is 0 Å². The van der Waals surface area contributed by atoms with Crippen LogP contribution in [-0.4, -0.2) is 37.3 Å². The van der Waals surface area contributed by atoms with Crippen LogP contribution in [0.25, 0.3) is 11.1 Å². The van der Waals surface area contributed by atoms with E-state index < -0.39 is 11.8 Å². The van der Waals surface area contributed by atoms with E-state index in [-0.39, 0.29) is 23.0 Å². The summed E-state index contributed by atoms with van der Waals surface area (Å²) in [5.41, 5.74) is -1.85. The largest absolute Gasteiger partial charge is 0.425 e. The summed E-state index contributed by atoms with van der Waals surface area (Å²) in [4.78, 5) is 13.8. The van der Waals surface area contributed by atoms with Crippen molar-refractivity contribution in [1.29, 1.82) is 0 Å². The van der Waals surface area contributed by atoms with Crippen LogP contribution in [0.5, 0.6) is 0 Å². The van der Waals surface area contributed by atoms with Crippen molar-refractivity contribution in [2.24, 2.45) is 5.92 Å². The second-order valence-corrected chi connectivity index (χ2v) is 7.36. The molecular formula is C21H21F3N2O2. The molecule has 7 heteroatoms. The summed E-state index contributed by atoms with van der Waals surface area (Å²) < 4.78 is 41.8. The molecule has 4 nitrogen and oxygen atoms in total. The quantitative estimate of drug-likeness (QED) is 0.826. The zero-order chi connectivity index (χ0) is 20.1. The molecule has 28 heavy (non-hydrogen) atoms. The molecule has 0 saturated carbocycles. The fourth-order valence-electron chi connectivity index (χ4n) is 4.35. The predicted octanol–water partition coefficient (Wildman–Crippen LogP) is 3.43. The Morgan fingerprint density at radius 2 is 1.75 bits per heavy atom. The molecule has 1 saturated heterocycles. The van der Waals surface area contributed by atoms with Crippen LogP contribution in [0.3, 0.4) is 0 Å². The van der Waals surface area contributed by atoms with E-state index in [1.54, 1.807) is 31.3 Å². The topological polar surface area (TPSA) is 52.6 Å². The van der Waals surface area contributed by atoms with E-state index in [2.05, 4.69) is 5.32 Å². The fraction of sp³-hybridized carbons (Fsp3) is 0.381. The zero-order valence-electron chi connectivity index (χ0n) is 15.4. The van der Waals surface area contributed by atoms with Gasteiger partial charge in [0.2, 0.25) is 11.5 Å². The molecule has 4 rings (SSSR count). The highest BCUT2D eigenvalue weighted by atomic mass is 19.4. The average Bonchev–Trinajstić information content (AvgIpc) is 2.97. The second kappa shape index (κ2) is 6.51. The molecule has 0 radical (unpaired) electrons. The maximum atomic E-state index is 13.9. The highest BCUT2D eigenvalue weighted by Crippen LogP contribution is 2.55. The minimum absolute atomic E-state index is 0.00417. The van der Waals surface area contributed by atoms with Gasteiger partial charge in [0.25, 0.3) is 0 Å². The maximum absolute atomic E-state index is 13.9. The molecule has 1 amide bonds. The van der Waals surface area contributed by atoms with Gasteiger partial charge in [-0.2, -0.15) is 13.2 Å². The number of nitrogens with zero attached hydrogens (tertiary/aromatic N) is 1. The second-order valence-electron chi connectivity index (χ2n) is 7.36. The lowest BCUT2D eigenvalue weighted by atomic mass is 9.90. The number of hydrogen-bond acceptors (Lipinski definition) is 3. The number of carbonyl (C=O) groups excluding carboxylic acids is 1. The van der Waals surface area contributed by atoms with Gasteiger partial charge in [0.1, 0.15) is 0 Å². The molecule has 0 bridgehead atoms. The van der Waals surface area contributed by atoms with Crippen LogP contribution in [0, 0.1) is 5.92 Å². The summed E-state index contributed by atoms with van der Waals surface area (Å²) in [6.45, 7) is 1.16. The van der Waals surface area contributed by atoms with Crippen molar-refractivity contribution in [2.45, 2.75) is 24.6 Å². The van der Waals surface area contributed by atoms with Crippen LogP contribution in [0.1, 0.15) is 24.0 Å². The van der Waals surface area contributed by atoms with Crippen molar-refractivity contribution < 1.29 is 23.1 Å². The van der Waals surface area contributed by atoms with Crippen LogP contribution < -0.4 is 10.2 Å². The molecule has 148 valence electrons. The summed E-state index contributed by atoms with van der Waals surface area (Å²) in [6, 6.07) is 11.0. The Bertz CT molecular complexity index is 920. The van der Waals surface area contributed by atoms with Crippen LogP contribution in [0.4, 0.5) is 18.9 Å². The molecule has 1 atom stereocenters. The van der Waals surface area contributed by atoms with Gasteiger partial charge in [-0.15, -0.1) is 0 Å². The van der Waals surface area contributed by atoms with Gasteiger partial charge in [0.05, 0.1) is 0 Å². The number of fused-ring (bicyclic) bond motifs is 3. The number of piperidine rings is 1. The molecular weight excluding hydrogens is 369 g/mol. The molecule has 0 spiro atoms. The van der Waals surface area contributed by atoms with Gasteiger partial charge >= 0.3 is 6.18 Å². The van der Waals surface area contributed by atoms with Crippen molar-refractivity contribution in [2.75, 3.05) is 25.0 Å². The number of carbonyl (C=O) groups is 1. The first-order chi connectivity index (χ1) is 13.3. The zero-order valence-corrected chi connectivity index (χ0v) is 15.4. The van der Waals surface area contributed by atoms with E-state index >= 15 is 0 Å². The van der Waals surface area contributed by atoms with Crippen LogP contribution in [-0.2, 0) is 10.4 Å². The van der Waals surface area contributed by atoms with Crippen molar-refractivity contribution in [3.05, 3.63) is 53.6 Å². The predicted molar refractivity (Wildman–Crippen MR) is 99.9 cm³/mol. The average molecular weight is 390 g/mol. The standard InChI is InChI=1S/C21H21F3N2O2/c1-25-19(27)13-8-10-26(11-9-13)14-6-7-16-15-4-2-3-5-17(15)20(28,18(16)12-14)21(22,23)24/h2-7,12-13,28H,8-11H2,1H3,(H,25,27). The van der Waals surface area contributed by atoms with Gasteiger partial charge in [-0.25, -0.2) is 0 Å². The Morgan fingerprint density at radius 1 is 1.11 bits per heavy atom. The Morgan fingerprint density at radius 3 is 2.39 bits per heavy atom. The third-order valence-corrected chi connectivity index (χ3v) is 5.89. The lowest BCUT2D eigenvalue weighted by Crippen LogP contribution is -2.42. The SMILES string of the molecule is CNC(=O)C1CCN(c2ccc3c(c2)C(O)(C(F)(F)F)c2ccccc2-3)CC1. The van der Waals surface area contributed by atoms with Crippen molar-refractivity contribution in [1.82, 2.24) is 5.32 Å². The molecule has 1 aliphatic carbocycles. The number of hydrogen-bond donors (Lipinski definition) is 2. The normalized spacial score (nSPS) is 22.0. The van der Waals surface area contributed by atoms with Crippen LogP contribution in [0.15, 0.2) is 42.5 Å². The minimum atomic E-state index is -4.83. The number of halogens is 3. The molecule has 0 aromatic heterocycles. The Balaban J connectivity index is 1.71. The van der Waals surface area contributed by atoms with E-state index in [0.717, 1.165) is 0 Å². The van der Waals surface area contributed by atoms with Crippen molar-refractivity contribution in [3.63, 3.8) is 0 Å². The van der Waals surface area contributed by atoms with Gasteiger partial charge in [-0.1, -0.05) is 30.3 Å². The van der Waals surface area contributed by atoms with Crippen LogP contribution in [0.2, 0.25) is 0 Å². The smallest absolute Gasteiger partial charge is 0.372 e. The Kier molecular flexibility index (Phi) is 4.38. The third kappa shape index (κ3) is 2.68. The van der Waals surface area contributed by atoms with Crippen molar-refractivity contribution >= 4 is 11.6 Å². The number of amides is 1. The van der Waals surface area contributed by atoms with Gasteiger partial charge in [-0.05, 0) is 36.1 Å². The minimum Gasteiger partial charge on any atom is -0.372 e. The fourth-order valence-corrected chi connectivity index (χ4v) is 4.35. The summed E-state index contributed by atoms with van der Waals surface area (Å²) in [5.74, 6) is -0.0810. The van der Waals surface area contributed by atoms with Gasteiger partial charge in [0, 0.05) is 42.9 Å². The summed E-state index contributed by atoms with van der Waals surface area (Å²) in [6.07, 6.45) is -3.56. The number of aliphatic hydroxyl groups is 1. The van der Waals surface area contributed by atoms with Gasteiger partial charge in [-0.3, -0.25) is 4.79 Å². The molecule has 2 N–H and O–H groups in total. The summed E-state index contributed by atoms with van der Waals surface area (Å²) in [7, 11) is 1.60. The number of rotatable bonds is 2. The van der Waals surface area contributed by atoms with Gasteiger partial charge < -0.3 is 15.3 Å². The van der Waals surface area contributed by atoms with Gasteiger partial charge in [0.15, 0.2) is 0 Å². The number of alkyl halides is 3. The summed E-state index contributed by atoms with van der Waals surface area (Å²) in [5, 5.41) is 13.5. The van der Waals surface area contributed by atoms with E-state index in [0.29, 0.717) is 42.7 Å². The van der Waals surface area contributed by atoms with E-state index in [4.69, 9.17) is 0 Å². The Hall–Kier alpha value is -2.54. The molecule has 1 fully saturated rings. The highest BCUT2D eigenvalue weighted by Gasteiger charge is 2.60. The number of nitrogens with one attached hydrogen (secondary N) is 1. The molecule has 1 unspecified atom stereocenters. The molecule has 2 aromatic rings. The monoisotopic (exact) mass is 390 g/mol. The lowest BCUT2D eigenvalue weighted by molar-refractivity contribution is -0.246. The highest BCUT2D eigenvalue weighted by molar-refractivity contribution is 5.82. The third-order valence-electron chi connectivity index (χ3n) is 5.89. The van der Waals surface area contributed by atoms with E-state index in [9.17, 15) is 23.1 Å². The summed E-state index contributed by atoms with van der Waals surface area (Å²) >= 11 is 0. The van der Waals surface area contributed by atoms with E-state index in [1.807, 2.05) is 4.90 Å². The first-order valence-electron chi connectivity index (χ1n) is 9.27. The molecule has 2 aliphatic rings. The molecule has 2 aromatic carbocycles. The van der Waals surface area contributed by atoms with E-state index in [1.165, 1.54) is 18.2 Å². The number of anilines is 1. The van der Waals surface area contributed by atoms with Crippen molar-refractivity contribution in [3.8, 4) is 11.1 Å². The number of benzene rings is 2. The molecule has 1 heterocycles.